The van der Waals surface area contributed by atoms with Gasteiger partial charge in [0.15, 0.2) is 0 Å². The van der Waals surface area contributed by atoms with Gasteiger partial charge < -0.3 is 10.6 Å². The van der Waals surface area contributed by atoms with Gasteiger partial charge in [0.05, 0.1) is 18.0 Å². The van der Waals surface area contributed by atoms with Crippen LogP contribution in [0.15, 0.2) is 53.3 Å². The second kappa shape index (κ2) is 5.89. The number of hydrogen-bond donors (Lipinski definition) is 1. The van der Waals surface area contributed by atoms with E-state index in [1.165, 1.54) is 0 Å². The minimum Gasteiger partial charge on any atom is -0.497 e. The Bertz CT molecular complexity index is 871. The first-order valence-corrected chi connectivity index (χ1v) is 7.07. The van der Waals surface area contributed by atoms with Gasteiger partial charge in [0.1, 0.15) is 11.6 Å². The molecule has 5 nitrogen and oxygen atoms in total. The van der Waals surface area contributed by atoms with E-state index < -0.39 is 0 Å². The number of hydrogen-bond acceptors (Lipinski definition) is 4. The molecule has 5 heteroatoms. The van der Waals surface area contributed by atoms with E-state index in [9.17, 15) is 4.79 Å². The summed E-state index contributed by atoms with van der Waals surface area (Å²) >= 11 is 0. The Kier molecular flexibility index (Phi) is 3.78. The fourth-order valence-corrected chi connectivity index (χ4v) is 2.45. The molecule has 0 atom stereocenters. The van der Waals surface area contributed by atoms with Crippen molar-refractivity contribution in [3.8, 4) is 5.75 Å². The lowest BCUT2D eigenvalue weighted by molar-refractivity contribution is 0.414. The molecule has 0 unspecified atom stereocenters. The third-order valence-electron chi connectivity index (χ3n) is 3.65. The van der Waals surface area contributed by atoms with E-state index in [-0.39, 0.29) is 5.56 Å². The second-order valence-corrected chi connectivity index (χ2v) is 5.07. The lowest BCUT2D eigenvalue weighted by Gasteiger charge is -2.09. The minimum absolute atomic E-state index is 0.216. The smallest absolute Gasteiger partial charge is 0.279 e. The van der Waals surface area contributed by atoms with Gasteiger partial charge in [-0.25, -0.2) is 9.66 Å². The zero-order valence-electron chi connectivity index (χ0n) is 12.3. The van der Waals surface area contributed by atoms with E-state index in [0.717, 1.165) is 22.4 Å². The Morgan fingerprint density at radius 1 is 1.14 bits per heavy atom. The van der Waals surface area contributed by atoms with E-state index in [4.69, 9.17) is 10.6 Å². The monoisotopic (exact) mass is 295 g/mol. The Hall–Kier alpha value is -2.82. The Balaban J connectivity index is 1.90. The highest BCUT2D eigenvalue weighted by Gasteiger charge is 2.08. The van der Waals surface area contributed by atoms with Crippen molar-refractivity contribution in [2.75, 3.05) is 13.0 Å². The van der Waals surface area contributed by atoms with Gasteiger partial charge in [0, 0.05) is 6.42 Å². The van der Waals surface area contributed by atoms with Gasteiger partial charge in [-0.05, 0) is 36.2 Å². The van der Waals surface area contributed by atoms with Crippen molar-refractivity contribution in [3.63, 3.8) is 0 Å². The lowest BCUT2D eigenvalue weighted by atomic mass is 10.1. The van der Waals surface area contributed by atoms with Gasteiger partial charge in [0.25, 0.3) is 5.56 Å². The number of fused-ring (bicyclic) bond motifs is 1. The number of nitrogens with two attached hydrogens (primary N) is 1. The fraction of sp³-hybridized carbons (Fsp3) is 0.176. The molecule has 3 aromatic rings. The third-order valence-corrected chi connectivity index (χ3v) is 3.65. The summed E-state index contributed by atoms with van der Waals surface area (Å²) in [6.07, 6.45) is 1.32. The molecule has 0 radical (unpaired) electrons. The Morgan fingerprint density at radius 2 is 1.95 bits per heavy atom. The highest BCUT2D eigenvalue weighted by molar-refractivity contribution is 5.77. The zero-order valence-corrected chi connectivity index (χ0v) is 12.3. The molecular weight excluding hydrogens is 278 g/mol. The molecule has 0 aliphatic heterocycles. The van der Waals surface area contributed by atoms with Gasteiger partial charge in [-0.1, -0.05) is 24.3 Å². The summed E-state index contributed by atoms with van der Waals surface area (Å²) in [5.74, 6) is 7.28. The number of nitrogens with zero attached hydrogens (tertiary/aromatic N) is 2. The van der Waals surface area contributed by atoms with Crippen LogP contribution in [0.5, 0.6) is 5.75 Å². The van der Waals surface area contributed by atoms with Crippen LogP contribution in [0.2, 0.25) is 0 Å². The molecule has 3 rings (SSSR count). The van der Waals surface area contributed by atoms with E-state index in [1.54, 1.807) is 19.2 Å². The summed E-state index contributed by atoms with van der Waals surface area (Å²) in [4.78, 5) is 16.7. The Labute approximate surface area is 127 Å². The molecule has 112 valence electrons. The van der Waals surface area contributed by atoms with E-state index >= 15 is 0 Å². The molecule has 0 saturated carbocycles. The molecule has 0 aliphatic rings. The summed E-state index contributed by atoms with van der Waals surface area (Å²) in [5.41, 5.74) is 1.57. The van der Waals surface area contributed by atoms with Gasteiger partial charge in [-0.15, -0.1) is 0 Å². The quantitative estimate of drug-likeness (QED) is 0.746. The maximum atomic E-state index is 12.2. The van der Waals surface area contributed by atoms with Crippen LogP contribution < -0.4 is 16.1 Å². The van der Waals surface area contributed by atoms with Crippen LogP contribution in [-0.2, 0) is 12.8 Å². The van der Waals surface area contributed by atoms with Crippen LogP contribution in [0, 0.1) is 0 Å². The molecule has 0 amide bonds. The zero-order chi connectivity index (χ0) is 15.5. The maximum Gasteiger partial charge on any atom is 0.279 e. The number of aryl methyl sites for hydroxylation is 2. The van der Waals surface area contributed by atoms with Crippen molar-refractivity contribution < 1.29 is 4.74 Å². The first-order valence-electron chi connectivity index (χ1n) is 7.07. The molecule has 0 saturated heterocycles. The molecule has 1 aromatic heterocycles. The average molecular weight is 295 g/mol. The molecule has 1 heterocycles. The van der Waals surface area contributed by atoms with Crippen molar-refractivity contribution in [1.29, 1.82) is 0 Å². The van der Waals surface area contributed by atoms with Crippen LogP contribution in [0.4, 0.5) is 0 Å². The number of nitrogen functional groups attached to an aromatic ring is 1. The molecule has 22 heavy (non-hydrogen) atoms. The molecule has 0 aliphatic carbocycles. The SMILES string of the molecule is COc1cccc(CCc2nc3ccccc3c(=O)n2N)c1. The number of methoxy groups -OCH3 is 1. The summed E-state index contributed by atoms with van der Waals surface area (Å²) in [7, 11) is 1.64. The number of rotatable bonds is 4. The summed E-state index contributed by atoms with van der Waals surface area (Å²) in [5, 5.41) is 0.537. The fourth-order valence-electron chi connectivity index (χ4n) is 2.45. The number of benzene rings is 2. The first-order chi connectivity index (χ1) is 10.7. The minimum atomic E-state index is -0.216. The Morgan fingerprint density at radius 3 is 2.77 bits per heavy atom. The average Bonchev–Trinajstić information content (AvgIpc) is 2.57. The van der Waals surface area contributed by atoms with Crippen LogP contribution >= 0.6 is 0 Å². The van der Waals surface area contributed by atoms with Crippen LogP contribution in [0.1, 0.15) is 11.4 Å². The molecule has 0 fully saturated rings. The topological polar surface area (TPSA) is 70.1 Å². The van der Waals surface area contributed by atoms with Gasteiger partial charge >= 0.3 is 0 Å². The van der Waals surface area contributed by atoms with Crippen molar-refractivity contribution in [2.24, 2.45) is 0 Å². The largest absolute Gasteiger partial charge is 0.497 e. The predicted molar refractivity (Wildman–Crippen MR) is 86.6 cm³/mol. The molecule has 0 bridgehead atoms. The number of ether oxygens (including phenoxy) is 1. The van der Waals surface area contributed by atoms with Crippen molar-refractivity contribution in [1.82, 2.24) is 9.66 Å². The third kappa shape index (κ3) is 2.65. The van der Waals surface area contributed by atoms with Crippen molar-refractivity contribution >= 4 is 10.9 Å². The summed E-state index contributed by atoms with van der Waals surface area (Å²) in [6.45, 7) is 0. The van der Waals surface area contributed by atoms with Crippen molar-refractivity contribution in [2.45, 2.75) is 12.8 Å². The molecular formula is C17H17N3O2. The van der Waals surface area contributed by atoms with Crippen LogP contribution in [-0.4, -0.2) is 16.8 Å². The normalized spacial score (nSPS) is 10.8. The summed E-state index contributed by atoms with van der Waals surface area (Å²) < 4.78 is 6.35. The highest BCUT2D eigenvalue weighted by atomic mass is 16.5. The van der Waals surface area contributed by atoms with Crippen LogP contribution in [0.3, 0.4) is 0 Å². The summed E-state index contributed by atoms with van der Waals surface area (Å²) in [6, 6.07) is 15.1. The molecule has 0 spiro atoms. The standard InChI is InChI=1S/C17H17N3O2/c1-22-13-6-4-5-12(11-13)9-10-16-19-15-8-3-2-7-14(15)17(21)20(16)18/h2-8,11H,9-10,18H2,1H3. The van der Waals surface area contributed by atoms with Crippen molar-refractivity contribution in [3.05, 3.63) is 70.3 Å². The lowest BCUT2D eigenvalue weighted by Crippen LogP contribution is -2.31. The van der Waals surface area contributed by atoms with Crippen LogP contribution in [0.25, 0.3) is 10.9 Å². The second-order valence-electron chi connectivity index (χ2n) is 5.07. The highest BCUT2D eigenvalue weighted by Crippen LogP contribution is 2.14. The number of para-hydroxylation sites is 1. The van der Waals surface area contributed by atoms with Gasteiger partial charge in [0.2, 0.25) is 0 Å². The first kappa shape index (κ1) is 14.1. The van der Waals surface area contributed by atoms with E-state index in [2.05, 4.69) is 4.98 Å². The van der Waals surface area contributed by atoms with Gasteiger partial charge in [-0.2, -0.15) is 0 Å². The predicted octanol–water partition coefficient (Wildman–Crippen LogP) is 1.90. The van der Waals surface area contributed by atoms with E-state index in [1.807, 2.05) is 36.4 Å². The molecule has 2 N–H and O–H groups in total. The number of aromatic nitrogens is 2. The van der Waals surface area contributed by atoms with E-state index in [0.29, 0.717) is 23.1 Å². The maximum absolute atomic E-state index is 12.2. The van der Waals surface area contributed by atoms with Gasteiger partial charge in [-0.3, -0.25) is 4.79 Å². The molecule has 2 aromatic carbocycles.